The van der Waals surface area contributed by atoms with Gasteiger partial charge in [-0.2, -0.15) is 0 Å². The number of carbonyl (C=O) groups excluding carboxylic acids is 2. The zero-order chi connectivity index (χ0) is 37.3. The zero-order valence-electron chi connectivity index (χ0n) is 31.3. The summed E-state index contributed by atoms with van der Waals surface area (Å²) in [5, 5.41) is 11.6. The maximum atomic E-state index is 12.9. The van der Waals surface area contributed by atoms with E-state index < -0.39 is 0 Å². The molecule has 0 saturated carbocycles. The van der Waals surface area contributed by atoms with Crippen molar-refractivity contribution in [1.29, 1.82) is 0 Å². The normalized spacial score (nSPS) is 17.5. The average Bonchev–Trinajstić information content (AvgIpc) is 3.67. The summed E-state index contributed by atoms with van der Waals surface area (Å²) in [6.07, 6.45) is 14.2. The van der Waals surface area contributed by atoms with E-state index in [1.54, 1.807) is 11.8 Å². The number of allylic oxidation sites excluding steroid dienone is 3. The Bertz CT molecular complexity index is 1730. The number of ether oxygens (including phenoxy) is 3. The molecule has 0 radical (unpaired) electrons. The van der Waals surface area contributed by atoms with Gasteiger partial charge in [-0.3, -0.25) is 9.59 Å². The highest BCUT2D eigenvalue weighted by molar-refractivity contribution is 8.03. The van der Waals surface area contributed by atoms with E-state index in [1.807, 2.05) is 12.1 Å². The summed E-state index contributed by atoms with van der Waals surface area (Å²) in [6.45, 7) is 10.1. The van der Waals surface area contributed by atoms with Gasteiger partial charge in [0.2, 0.25) is 17.3 Å². The Labute approximate surface area is 319 Å². The van der Waals surface area contributed by atoms with Gasteiger partial charge in [0.25, 0.3) is 0 Å². The molecule has 3 heterocycles. The van der Waals surface area contributed by atoms with Crippen LogP contribution < -0.4 is 25.4 Å². The SMILES string of the molecule is C=C1CC(C)C(CCCCCC(=O)NCCOCCOCCOCCNC(=O)CN2C(=CC=Cc3cc[n+](C)c4ccccc34)Sc3ccccc32)N1. The minimum atomic E-state index is -0.0684. The van der Waals surface area contributed by atoms with Gasteiger partial charge < -0.3 is 35.1 Å². The molecule has 2 amide bonds. The van der Waals surface area contributed by atoms with Crippen molar-refractivity contribution in [3.8, 4) is 0 Å². The van der Waals surface area contributed by atoms with Gasteiger partial charge in [0, 0.05) is 48.3 Å². The molecule has 10 nitrogen and oxygen atoms in total. The fourth-order valence-corrected chi connectivity index (χ4v) is 7.71. The van der Waals surface area contributed by atoms with E-state index >= 15 is 0 Å². The second-order valence-electron chi connectivity index (χ2n) is 13.6. The van der Waals surface area contributed by atoms with E-state index in [-0.39, 0.29) is 18.4 Å². The average molecular weight is 743 g/mol. The van der Waals surface area contributed by atoms with Crippen molar-refractivity contribution in [1.82, 2.24) is 16.0 Å². The van der Waals surface area contributed by atoms with Crippen LogP contribution in [0.1, 0.15) is 51.0 Å². The topological polar surface area (TPSA) is 105 Å². The number of benzene rings is 2. The standard InChI is InChI=1S/C42H55N5O5S/c1-32-30-33(2)45-36(32)14-5-4-6-18-40(48)43-21-24-50-26-28-52-29-27-51-25-22-44-41(49)31-47-38-16-9-10-17-39(38)53-42(47)19-11-12-34-20-23-46(3)37-15-8-7-13-35(34)37/h7-13,15-17,19-20,23,32,36,45H,2,4-6,14,18,21-22,24-31H2,1,3H3,(H-,43,44,48,49)/p+1. The highest BCUT2D eigenvalue weighted by Gasteiger charge is 2.26. The van der Waals surface area contributed by atoms with Gasteiger partial charge in [0.1, 0.15) is 13.6 Å². The maximum Gasteiger partial charge on any atom is 0.240 e. The van der Waals surface area contributed by atoms with Crippen LogP contribution in [0, 0.1) is 5.92 Å². The largest absolute Gasteiger partial charge is 0.386 e. The third-order valence-electron chi connectivity index (χ3n) is 9.47. The van der Waals surface area contributed by atoms with Crippen LogP contribution in [0.25, 0.3) is 17.0 Å². The Balaban J connectivity index is 0.882. The highest BCUT2D eigenvalue weighted by atomic mass is 32.2. The lowest BCUT2D eigenvalue weighted by Crippen LogP contribution is -2.37. The Morgan fingerprint density at radius 2 is 1.62 bits per heavy atom. The molecule has 284 valence electrons. The zero-order valence-corrected chi connectivity index (χ0v) is 32.1. The summed E-state index contributed by atoms with van der Waals surface area (Å²) < 4.78 is 18.9. The summed E-state index contributed by atoms with van der Waals surface area (Å²) in [5.41, 5.74) is 4.50. The first kappa shape index (κ1) is 40.0. The molecule has 1 saturated heterocycles. The molecule has 2 unspecified atom stereocenters. The lowest BCUT2D eigenvalue weighted by molar-refractivity contribution is -0.644. The van der Waals surface area contributed by atoms with Crippen LogP contribution in [0.3, 0.4) is 0 Å². The number of fused-ring (bicyclic) bond motifs is 2. The van der Waals surface area contributed by atoms with Crippen LogP contribution in [-0.2, 0) is 30.8 Å². The molecule has 2 atom stereocenters. The molecular weight excluding hydrogens is 687 g/mol. The minimum Gasteiger partial charge on any atom is -0.386 e. The van der Waals surface area contributed by atoms with E-state index in [9.17, 15) is 9.59 Å². The quantitative estimate of drug-likeness (QED) is 0.0868. The smallest absolute Gasteiger partial charge is 0.240 e. The van der Waals surface area contributed by atoms with Crippen molar-refractivity contribution < 1.29 is 28.4 Å². The number of unbranched alkanes of at least 4 members (excludes halogenated alkanes) is 2. The summed E-state index contributed by atoms with van der Waals surface area (Å²) in [7, 11) is 2.05. The number of aryl methyl sites for hydroxylation is 1. The molecule has 53 heavy (non-hydrogen) atoms. The van der Waals surface area contributed by atoms with Crippen molar-refractivity contribution in [2.45, 2.75) is 56.4 Å². The fraction of sp³-hybridized carbons (Fsp3) is 0.452. The molecule has 1 aromatic heterocycles. The second kappa shape index (κ2) is 21.5. The Morgan fingerprint density at radius 3 is 2.38 bits per heavy atom. The summed E-state index contributed by atoms with van der Waals surface area (Å²) in [5.74, 6) is 0.663. The van der Waals surface area contributed by atoms with Gasteiger partial charge in [0.15, 0.2) is 6.20 Å². The van der Waals surface area contributed by atoms with Crippen LogP contribution >= 0.6 is 11.8 Å². The van der Waals surface area contributed by atoms with Gasteiger partial charge in [-0.15, -0.1) is 0 Å². The second-order valence-corrected chi connectivity index (χ2v) is 14.7. The van der Waals surface area contributed by atoms with Crippen LogP contribution in [0.2, 0.25) is 0 Å². The van der Waals surface area contributed by atoms with Crippen LogP contribution in [0.15, 0.2) is 95.1 Å². The van der Waals surface area contributed by atoms with Gasteiger partial charge in [-0.1, -0.05) is 74.5 Å². The lowest BCUT2D eigenvalue weighted by Gasteiger charge is -2.19. The number of hydrogen-bond donors (Lipinski definition) is 3. The molecule has 2 aliphatic heterocycles. The van der Waals surface area contributed by atoms with Crippen molar-refractivity contribution in [3.05, 3.63) is 95.8 Å². The van der Waals surface area contributed by atoms with Crippen molar-refractivity contribution in [2.24, 2.45) is 13.0 Å². The number of rotatable bonds is 22. The minimum absolute atomic E-state index is 0.0684. The number of hydrogen-bond acceptors (Lipinski definition) is 8. The third-order valence-corrected chi connectivity index (χ3v) is 10.6. The van der Waals surface area contributed by atoms with Crippen molar-refractivity contribution in [3.63, 3.8) is 0 Å². The number of amides is 2. The monoisotopic (exact) mass is 742 g/mol. The number of nitrogens with zero attached hydrogens (tertiary/aromatic N) is 2. The van der Waals surface area contributed by atoms with E-state index in [0.29, 0.717) is 71.1 Å². The van der Waals surface area contributed by atoms with E-state index in [2.05, 4.69) is 113 Å². The third kappa shape index (κ3) is 12.7. The fourth-order valence-electron chi connectivity index (χ4n) is 6.64. The summed E-state index contributed by atoms with van der Waals surface area (Å²) in [6, 6.07) is 19.2. The van der Waals surface area contributed by atoms with E-state index in [1.165, 1.54) is 10.9 Å². The van der Waals surface area contributed by atoms with Crippen molar-refractivity contribution in [2.75, 3.05) is 64.2 Å². The molecule has 5 rings (SSSR count). The predicted molar refractivity (Wildman–Crippen MR) is 213 cm³/mol. The molecular formula is C42H56N5O5S+. The molecule has 2 aliphatic rings. The molecule has 0 bridgehead atoms. The van der Waals surface area contributed by atoms with Crippen LogP contribution in [-0.4, -0.2) is 77.1 Å². The lowest BCUT2D eigenvalue weighted by atomic mass is 9.97. The number of anilines is 1. The van der Waals surface area contributed by atoms with Crippen LogP contribution in [0.5, 0.6) is 0 Å². The molecule has 3 aromatic rings. The van der Waals surface area contributed by atoms with Gasteiger partial charge >= 0.3 is 0 Å². The summed E-state index contributed by atoms with van der Waals surface area (Å²) in [4.78, 5) is 28.2. The summed E-state index contributed by atoms with van der Waals surface area (Å²) >= 11 is 1.67. The maximum absolute atomic E-state index is 12.9. The highest BCUT2D eigenvalue weighted by Crippen LogP contribution is 2.45. The number of nitrogens with one attached hydrogen (secondary N) is 3. The van der Waals surface area contributed by atoms with Gasteiger partial charge in [-0.25, -0.2) is 4.57 Å². The first-order valence-corrected chi connectivity index (χ1v) is 19.7. The van der Waals surface area contributed by atoms with Gasteiger partial charge in [-0.05, 0) is 55.0 Å². The number of para-hydroxylation sites is 2. The first-order valence-electron chi connectivity index (χ1n) is 18.9. The van der Waals surface area contributed by atoms with Crippen LogP contribution in [0.4, 0.5) is 5.69 Å². The molecule has 3 N–H and O–H groups in total. The van der Waals surface area contributed by atoms with E-state index in [4.69, 9.17) is 14.2 Å². The number of thioether (sulfide) groups is 1. The Kier molecular flexibility index (Phi) is 16.3. The molecule has 1 fully saturated rings. The Hall–Kier alpha value is -4.16. The molecule has 0 aliphatic carbocycles. The first-order chi connectivity index (χ1) is 25.9. The predicted octanol–water partition coefficient (Wildman–Crippen LogP) is 5.88. The number of carbonyl (C=O) groups is 2. The molecule has 11 heteroatoms. The van der Waals surface area contributed by atoms with Gasteiger partial charge in [0.05, 0.1) is 55.7 Å². The number of aromatic nitrogens is 1. The Morgan fingerprint density at radius 1 is 0.925 bits per heavy atom. The van der Waals surface area contributed by atoms with Crippen molar-refractivity contribution >= 4 is 46.2 Å². The van der Waals surface area contributed by atoms with E-state index in [0.717, 1.165) is 59.0 Å². The molecule has 2 aromatic carbocycles. The number of pyridine rings is 1. The molecule has 0 spiro atoms.